The topological polar surface area (TPSA) is 15.3 Å². The van der Waals surface area contributed by atoms with Crippen LogP contribution in [0.1, 0.15) is 12.5 Å². The third kappa shape index (κ3) is 1.66. The van der Waals surface area contributed by atoms with Gasteiger partial charge >= 0.3 is 0 Å². The predicted octanol–water partition coefficient (Wildman–Crippen LogP) is 3.90. The summed E-state index contributed by atoms with van der Waals surface area (Å²) >= 11 is 0. The van der Waals surface area contributed by atoms with Crippen molar-refractivity contribution in [1.29, 1.82) is 0 Å². The highest BCUT2D eigenvalue weighted by Crippen LogP contribution is 2.40. The average Bonchev–Trinajstić information content (AvgIpc) is 2.65. The van der Waals surface area contributed by atoms with Crippen LogP contribution in [0.15, 0.2) is 48.5 Å². The minimum absolute atomic E-state index is 0.300. The maximum atomic E-state index is 3.50. The minimum atomic E-state index is 0.300. The second-order valence-corrected chi connectivity index (χ2v) is 4.55. The first kappa shape index (κ1) is 10.2. The Morgan fingerprint density at radius 1 is 1.06 bits per heavy atom. The molecule has 0 aliphatic carbocycles. The lowest BCUT2D eigenvalue weighted by atomic mass is 10.2. The molecule has 86 valence electrons. The molecule has 0 radical (unpaired) electrons. The van der Waals surface area contributed by atoms with Gasteiger partial charge in [-0.05, 0) is 43.7 Å². The van der Waals surface area contributed by atoms with E-state index in [0.29, 0.717) is 6.17 Å². The van der Waals surface area contributed by atoms with Gasteiger partial charge in [-0.25, -0.2) is 0 Å². The maximum absolute atomic E-state index is 3.50. The molecule has 0 bridgehead atoms. The summed E-state index contributed by atoms with van der Waals surface area (Å²) in [4.78, 5) is 2.34. The van der Waals surface area contributed by atoms with Gasteiger partial charge in [0.15, 0.2) is 0 Å². The number of aryl methyl sites for hydroxylation is 1. The van der Waals surface area contributed by atoms with Gasteiger partial charge in [0.25, 0.3) is 0 Å². The Hall–Kier alpha value is -1.96. The molecule has 2 aromatic rings. The highest BCUT2D eigenvalue weighted by atomic mass is 15.3. The van der Waals surface area contributed by atoms with Crippen LogP contribution in [0.2, 0.25) is 0 Å². The number of hydrogen-bond donors (Lipinski definition) is 1. The van der Waals surface area contributed by atoms with Gasteiger partial charge in [-0.3, -0.25) is 0 Å². The quantitative estimate of drug-likeness (QED) is 0.790. The fourth-order valence-electron chi connectivity index (χ4n) is 2.41. The van der Waals surface area contributed by atoms with Gasteiger partial charge in [-0.2, -0.15) is 0 Å². The molecular weight excluding hydrogens is 208 g/mol. The molecule has 1 atom stereocenters. The van der Waals surface area contributed by atoms with Crippen molar-refractivity contribution in [3.05, 3.63) is 54.1 Å². The average molecular weight is 224 g/mol. The highest BCUT2D eigenvalue weighted by molar-refractivity contribution is 5.82. The van der Waals surface area contributed by atoms with Crippen LogP contribution in [0, 0.1) is 6.92 Å². The molecule has 0 amide bonds. The Balaban J connectivity index is 2.11. The molecule has 1 aliphatic heterocycles. The number of rotatable bonds is 1. The largest absolute Gasteiger partial charge is 0.363 e. The van der Waals surface area contributed by atoms with Gasteiger partial charge in [0, 0.05) is 5.69 Å². The lowest BCUT2D eigenvalue weighted by Crippen LogP contribution is -2.28. The van der Waals surface area contributed by atoms with Gasteiger partial charge < -0.3 is 10.2 Å². The SMILES string of the molecule is Cc1ccc2c(c1)N(c1ccccc1)C(C)N2. The van der Waals surface area contributed by atoms with E-state index in [2.05, 4.69) is 72.6 Å². The summed E-state index contributed by atoms with van der Waals surface area (Å²) < 4.78 is 0. The van der Waals surface area contributed by atoms with E-state index < -0.39 is 0 Å². The third-order valence-corrected chi connectivity index (χ3v) is 3.20. The first-order chi connectivity index (χ1) is 8.25. The van der Waals surface area contributed by atoms with Gasteiger partial charge in [-0.1, -0.05) is 24.3 Å². The van der Waals surface area contributed by atoms with Gasteiger partial charge in [0.1, 0.15) is 6.17 Å². The van der Waals surface area contributed by atoms with E-state index in [9.17, 15) is 0 Å². The molecule has 1 N–H and O–H groups in total. The molecule has 0 spiro atoms. The second-order valence-electron chi connectivity index (χ2n) is 4.55. The summed E-state index contributed by atoms with van der Waals surface area (Å²) in [6, 6.07) is 17.0. The number of nitrogens with zero attached hydrogens (tertiary/aromatic N) is 1. The van der Waals surface area contributed by atoms with E-state index in [1.54, 1.807) is 0 Å². The number of hydrogen-bond acceptors (Lipinski definition) is 2. The summed E-state index contributed by atoms with van der Waals surface area (Å²) in [7, 11) is 0. The zero-order valence-electron chi connectivity index (χ0n) is 10.1. The molecule has 2 heteroatoms. The van der Waals surface area contributed by atoms with Crippen molar-refractivity contribution in [2.24, 2.45) is 0 Å². The smallest absolute Gasteiger partial charge is 0.101 e. The molecular formula is C15H16N2. The van der Waals surface area contributed by atoms with Gasteiger partial charge in [-0.15, -0.1) is 0 Å². The molecule has 17 heavy (non-hydrogen) atoms. The summed E-state index contributed by atoms with van der Waals surface area (Å²) in [5, 5.41) is 3.50. The molecule has 2 aromatic carbocycles. The first-order valence-electron chi connectivity index (χ1n) is 5.97. The van der Waals surface area contributed by atoms with E-state index in [1.165, 1.54) is 22.6 Å². The molecule has 0 fully saturated rings. The molecule has 3 rings (SSSR count). The predicted molar refractivity (Wildman–Crippen MR) is 72.8 cm³/mol. The lowest BCUT2D eigenvalue weighted by Gasteiger charge is -2.24. The normalized spacial score (nSPS) is 17.8. The number of benzene rings is 2. The van der Waals surface area contributed by atoms with Crippen LogP contribution < -0.4 is 10.2 Å². The third-order valence-electron chi connectivity index (χ3n) is 3.20. The minimum Gasteiger partial charge on any atom is -0.363 e. The summed E-state index contributed by atoms with van der Waals surface area (Å²) in [5.74, 6) is 0. The summed E-state index contributed by atoms with van der Waals surface area (Å²) in [5.41, 5.74) is 5.01. The standard InChI is InChI=1S/C15H16N2/c1-11-8-9-14-15(10-11)17(12(2)16-14)13-6-4-3-5-7-13/h3-10,12,16H,1-2H3. The van der Waals surface area contributed by atoms with Crippen LogP contribution >= 0.6 is 0 Å². The van der Waals surface area contributed by atoms with Crippen molar-refractivity contribution < 1.29 is 0 Å². The van der Waals surface area contributed by atoms with Crippen LogP contribution in [0.25, 0.3) is 0 Å². The first-order valence-corrected chi connectivity index (χ1v) is 5.97. The molecule has 1 heterocycles. The number of nitrogens with one attached hydrogen (secondary N) is 1. The zero-order chi connectivity index (χ0) is 11.8. The number of para-hydroxylation sites is 1. The molecule has 0 saturated carbocycles. The monoisotopic (exact) mass is 224 g/mol. The Kier molecular flexibility index (Phi) is 2.29. The number of anilines is 3. The Morgan fingerprint density at radius 3 is 2.59 bits per heavy atom. The lowest BCUT2D eigenvalue weighted by molar-refractivity contribution is 0.842. The number of fused-ring (bicyclic) bond motifs is 1. The summed E-state index contributed by atoms with van der Waals surface area (Å²) in [6.45, 7) is 4.31. The molecule has 0 aromatic heterocycles. The van der Waals surface area contributed by atoms with Crippen molar-refractivity contribution in [3.63, 3.8) is 0 Å². The van der Waals surface area contributed by atoms with E-state index >= 15 is 0 Å². The van der Waals surface area contributed by atoms with E-state index in [-0.39, 0.29) is 0 Å². The van der Waals surface area contributed by atoms with Crippen molar-refractivity contribution in [1.82, 2.24) is 0 Å². The molecule has 0 saturated heterocycles. The van der Waals surface area contributed by atoms with Crippen LogP contribution in [-0.4, -0.2) is 6.17 Å². The van der Waals surface area contributed by atoms with Crippen molar-refractivity contribution in [2.75, 3.05) is 10.2 Å². The maximum Gasteiger partial charge on any atom is 0.101 e. The fraction of sp³-hybridized carbons (Fsp3) is 0.200. The molecule has 1 unspecified atom stereocenters. The zero-order valence-corrected chi connectivity index (χ0v) is 10.1. The Bertz CT molecular complexity index is 534. The van der Waals surface area contributed by atoms with Crippen LogP contribution in [0.3, 0.4) is 0 Å². The van der Waals surface area contributed by atoms with Crippen LogP contribution in [0.4, 0.5) is 17.1 Å². The molecule has 1 aliphatic rings. The van der Waals surface area contributed by atoms with Crippen molar-refractivity contribution >= 4 is 17.1 Å². The van der Waals surface area contributed by atoms with Crippen LogP contribution in [0.5, 0.6) is 0 Å². The highest BCUT2D eigenvalue weighted by Gasteiger charge is 2.26. The van der Waals surface area contributed by atoms with Crippen LogP contribution in [-0.2, 0) is 0 Å². The summed E-state index contributed by atoms with van der Waals surface area (Å²) in [6.07, 6.45) is 0.300. The molecule has 2 nitrogen and oxygen atoms in total. The fourth-order valence-corrected chi connectivity index (χ4v) is 2.41. The van der Waals surface area contributed by atoms with E-state index in [1.807, 2.05) is 0 Å². The Morgan fingerprint density at radius 2 is 1.82 bits per heavy atom. The van der Waals surface area contributed by atoms with Gasteiger partial charge in [0.05, 0.1) is 11.4 Å². The van der Waals surface area contributed by atoms with E-state index in [4.69, 9.17) is 0 Å². The van der Waals surface area contributed by atoms with Gasteiger partial charge in [0.2, 0.25) is 0 Å². The Labute approximate surface area is 102 Å². The van der Waals surface area contributed by atoms with E-state index in [0.717, 1.165) is 0 Å². The second kappa shape index (κ2) is 3.81. The van der Waals surface area contributed by atoms with Crippen molar-refractivity contribution in [2.45, 2.75) is 20.0 Å². The van der Waals surface area contributed by atoms with Crippen molar-refractivity contribution in [3.8, 4) is 0 Å².